The van der Waals surface area contributed by atoms with Crippen LogP contribution in [0.25, 0.3) is 0 Å². The Hall–Kier alpha value is -0.0800. The Balaban J connectivity index is 2.17. The highest BCUT2D eigenvalue weighted by atomic mass is 16.5. The normalized spacial score (nSPS) is 42.5. The number of likely N-dealkylation sites (tertiary alicyclic amines) is 1. The molecule has 12 heavy (non-hydrogen) atoms. The van der Waals surface area contributed by atoms with Gasteiger partial charge in [-0.2, -0.15) is 0 Å². The van der Waals surface area contributed by atoms with Crippen molar-refractivity contribution in [3.63, 3.8) is 0 Å². The van der Waals surface area contributed by atoms with Crippen molar-refractivity contribution < 1.29 is 4.74 Å². The highest BCUT2D eigenvalue weighted by Crippen LogP contribution is 2.38. The van der Waals surface area contributed by atoms with E-state index in [1.165, 1.54) is 6.42 Å². The fraction of sp³-hybridized carbons (Fsp3) is 1.00. The Morgan fingerprint density at radius 3 is 2.33 bits per heavy atom. The van der Waals surface area contributed by atoms with E-state index in [1.54, 1.807) is 0 Å². The molecule has 2 heterocycles. The topological polar surface area (TPSA) is 12.5 Å². The van der Waals surface area contributed by atoms with Crippen molar-refractivity contribution in [3.05, 3.63) is 0 Å². The Kier molecular flexibility index (Phi) is 1.74. The molecule has 2 fully saturated rings. The van der Waals surface area contributed by atoms with Crippen molar-refractivity contribution in [3.8, 4) is 0 Å². The van der Waals surface area contributed by atoms with Gasteiger partial charge in [0, 0.05) is 17.6 Å². The van der Waals surface area contributed by atoms with Crippen LogP contribution in [0.1, 0.15) is 34.1 Å². The van der Waals surface area contributed by atoms with Crippen LogP contribution in [-0.2, 0) is 4.74 Å². The van der Waals surface area contributed by atoms with Gasteiger partial charge in [0.15, 0.2) is 0 Å². The molecule has 0 aromatic carbocycles. The van der Waals surface area contributed by atoms with Crippen LogP contribution in [-0.4, -0.2) is 35.2 Å². The van der Waals surface area contributed by atoms with Gasteiger partial charge >= 0.3 is 0 Å². The van der Waals surface area contributed by atoms with Gasteiger partial charge < -0.3 is 4.74 Å². The molecular formula is C10H19NO. The standard InChI is InChI=1S/C10H19NO/c1-7-9-5-8(6-12-9)11(7)10(2,3)4/h7-9H,5-6H2,1-4H3. The number of hydrogen-bond donors (Lipinski definition) is 0. The second kappa shape index (κ2) is 2.46. The minimum absolute atomic E-state index is 0.308. The van der Waals surface area contributed by atoms with E-state index in [9.17, 15) is 0 Å². The van der Waals surface area contributed by atoms with Crippen LogP contribution in [0.2, 0.25) is 0 Å². The Morgan fingerprint density at radius 1 is 1.33 bits per heavy atom. The van der Waals surface area contributed by atoms with E-state index in [4.69, 9.17) is 4.74 Å². The summed E-state index contributed by atoms with van der Waals surface area (Å²) >= 11 is 0. The molecule has 0 aromatic heterocycles. The first-order valence-corrected chi connectivity index (χ1v) is 4.90. The molecule has 0 N–H and O–H groups in total. The number of morpholine rings is 1. The van der Waals surface area contributed by atoms with Crippen molar-refractivity contribution in [1.29, 1.82) is 0 Å². The fourth-order valence-electron chi connectivity index (χ4n) is 2.84. The van der Waals surface area contributed by atoms with Crippen LogP contribution in [0.4, 0.5) is 0 Å². The number of fused-ring (bicyclic) bond motifs is 2. The predicted octanol–water partition coefficient (Wildman–Crippen LogP) is 1.65. The zero-order valence-corrected chi connectivity index (χ0v) is 8.50. The molecule has 3 unspecified atom stereocenters. The van der Waals surface area contributed by atoms with Gasteiger partial charge in [0.05, 0.1) is 12.7 Å². The summed E-state index contributed by atoms with van der Waals surface area (Å²) in [6.45, 7) is 10.1. The van der Waals surface area contributed by atoms with Crippen molar-refractivity contribution in [2.75, 3.05) is 6.61 Å². The third-order valence-electron chi connectivity index (χ3n) is 3.15. The summed E-state index contributed by atoms with van der Waals surface area (Å²) in [7, 11) is 0. The van der Waals surface area contributed by atoms with Crippen molar-refractivity contribution in [2.24, 2.45) is 0 Å². The lowest BCUT2D eigenvalue weighted by Gasteiger charge is -2.42. The van der Waals surface area contributed by atoms with E-state index in [1.807, 2.05) is 0 Å². The van der Waals surface area contributed by atoms with Gasteiger partial charge in [-0.05, 0) is 34.1 Å². The molecule has 70 valence electrons. The van der Waals surface area contributed by atoms with Gasteiger partial charge in [0.2, 0.25) is 0 Å². The molecule has 2 nitrogen and oxygen atoms in total. The van der Waals surface area contributed by atoms with Crippen LogP contribution in [0, 0.1) is 0 Å². The van der Waals surface area contributed by atoms with E-state index < -0.39 is 0 Å². The molecule has 2 saturated heterocycles. The third kappa shape index (κ3) is 1.09. The van der Waals surface area contributed by atoms with Crippen LogP contribution >= 0.6 is 0 Å². The van der Waals surface area contributed by atoms with Gasteiger partial charge in [-0.3, -0.25) is 4.90 Å². The van der Waals surface area contributed by atoms with E-state index in [0.29, 0.717) is 23.7 Å². The van der Waals surface area contributed by atoms with Gasteiger partial charge in [0.1, 0.15) is 0 Å². The summed E-state index contributed by atoms with van der Waals surface area (Å²) in [5.74, 6) is 0. The maximum absolute atomic E-state index is 5.65. The van der Waals surface area contributed by atoms with Gasteiger partial charge in [-0.25, -0.2) is 0 Å². The molecule has 2 heteroatoms. The van der Waals surface area contributed by atoms with Crippen LogP contribution in [0.15, 0.2) is 0 Å². The summed E-state index contributed by atoms with van der Waals surface area (Å²) in [6.07, 6.45) is 1.76. The number of ether oxygens (including phenoxy) is 1. The highest BCUT2D eigenvalue weighted by molar-refractivity contribution is 5.01. The summed E-state index contributed by atoms with van der Waals surface area (Å²) in [6, 6.07) is 1.30. The molecule has 0 radical (unpaired) electrons. The van der Waals surface area contributed by atoms with Gasteiger partial charge in [0.25, 0.3) is 0 Å². The number of rotatable bonds is 0. The summed E-state index contributed by atoms with van der Waals surface area (Å²) in [5.41, 5.74) is 0.308. The second-order valence-corrected chi connectivity index (χ2v) is 5.08. The first kappa shape index (κ1) is 8.52. The minimum atomic E-state index is 0.308. The molecule has 0 spiro atoms. The Morgan fingerprint density at radius 2 is 2.00 bits per heavy atom. The molecule has 2 bridgehead atoms. The molecular weight excluding hydrogens is 150 g/mol. The monoisotopic (exact) mass is 169 g/mol. The molecule has 0 aromatic rings. The van der Waals surface area contributed by atoms with Crippen molar-refractivity contribution in [2.45, 2.75) is 57.8 Å². The van der Waals surface area contributed by atoms with E-state index in [0.717, 1.165) is 6.61 Å². The Bertz CT molecular complexity index is 183. The zero-order chi connectivity index (χ0) is 8.93. The van der Waals surface area contributed by atoms with Crippen LogP contribution in [0.3, 0.4) is 0 Å². The SMILES string of the molecule is CC1C2CC(CO2)N1C(C)(C)C. The molecule has 0 saturated carbocycles. The maximum atomic E-state index is 5.65. The average molecular weight is 169 g/mol. The Labute approximate surface area is 74.9 Å². The van der Waals surface area contributed by atoms with E-state index in [-0.39, 0.29) is 0 Å². The smallest absolute Gasteiger partial charge is 0.0744 e. The summed E-state index contributed by atoms with van der Waals surface area (Å²) in [5, 5.41) is 0. The maximum Gasteiger partial charge on any atom is 0.0744 e. The molecule has 2 aliphatic rings. The highest BCUT2D eigenvalue weighted by Gasteiger charge is 2.48. The quantitative estimate of drug-likeness (QED) is 0.546. The lowest BCUT2D eigenvalue weighted by molar-refractivity contribution is -0.0465. The first-order valence-electron chi connectivity index (χ1n) is 4.90. The third-order valence-corrected chi connectivity index (χ3v) is 3.15. The lowest BCUT2D eigenvalue weighted by Crippen LogP contribution is -2.53. The average Bonchev–Trinajstić information content (AvgIpc) is 2.42. The van der Waals surface area contributed by atoms with Gasteiger partial charge in [-0.15, -0.1) is 0 Å². The zero-order valence-electron chi connectivity index (χ0n) is 8.50. The fourth-order valence-corrected chi connectivity index (χ4v) is 2.84. The predicted molar refractivity (Wildman–Crippen MR) is 49.2 cm³/mol. The van der Waals surface area contributed by atoms with Crippen molar-refractivity contribution >= 4 is 0 Å². The second-order valence-electron chi connectivity index (χ2n) is 5.08. The minimum Gasteiger partial charge on any atom is -0.375 e. The summed E-state index contributed by atoms with van der Waals surface area (Å²) in [4.78, 5) is 2.61. The molecule has 3 atom stereocenters. The number of hydrogen-bond acceptors (Lipinski definition) is 2. The molecule has 2 rings (SSSR count). The van der Waals surface area contributed by atoms with Crippen molar-refractivity contribution in [1.82, 2.24) is 4.90 Å². The van der Waals surface area contributed by atoms with E-state index >= 15 is 0 Å². The summed E-state index contributed by atoms with van der Waals surface area (Å²) < 4.78 is 5.65. The molecule has 0 amide bonds. The van der Waals surface area contributed by atoms with Crippen LogP contribution < -0.4 is 0 Å². The lowest BCUT2D eigenvalue weighted by atomic mass is 10.0. The van der Waals surface area contributed by atoms with E-state index in [2.05, 4.69) is 32.6 Å². The molecule has 0 aliphatic carbocycles. The number of nitrogens with zero attached hydrogens (tertiary/aromatic N) is 1. The van der Waals surface area contributed by atoms with Crippen LogP contribution in [0.5, 0.6) is 0 Å². The first-order chi connectivity index (χ1) is 5.50. The molecule has 2 aliphatic heterocycles. The largest absolute Gasteiger partial charge is 0.375 e. The van der Waals surface area contributed by atoms with Gasteiger partial charge in [-0.1, -0.05) is 0 Å².